The van der Waals surface area contributed by atoms with Crippen molar-refractivity contribution in [2.45, 2.75) is 72.8 Å². The van der Waals surface area contributed by atoms with E-state index in [0.29, 0.717) is 12.1 Å². The molecule has 0 aliphatic carbocycles. The molecular formula is C30H38N4O5. The van der Waals surface area contributed by atoms with Crippen molar-refractivity contribution in [1.82, 2.24) is 20.9 Å². The highest BCUT2D eigenvalue weighted by Gasteiger charge is 2.43. The average molecular weight is 535 g/mol. The largest absolute Gasteiger partial charge is 0.345 e. The fourth-order valence-electron chi connectivity index (χ4n) is 4.67. The van der Waals surface area contributed by atoms with Crippen molar-refractivity contribution in [2.75, 3.05) is 0 Å². The molecule has 3 atom stereocenters. The van der Waals surface area contributed by atoms with Crippen LogP contribution in [-0.2, 0) is 32.3 Å². The van der Waals surface area contributed by atoms with Gasteiger partial charge >= 0.3 is 0 Å². The minimum absolute atomic E-state index is 0.184. The van der Waals surface area contributed by atoms with E-state index >= 15 is 0 Å². The number of rotatable bonds is 10. The fourth-order valence-corrected chi connectivity index (χ4v) is 4.67. The molecule has 9 nitrogen and oxygen atoms in total. The highest BCUT2D eigenvalue weighted by molar-refractivity contribution is 6.38. The van der Waals surface area contributed by atoms with Crippen LogP contribution >= 0.6 is 0 Å². The molecule has 0 saturated heterocycles. The number of fused-ring (bicyclic) bond motifs is 1. The normalized spacial score (nSPS) is 15.3. The van der Waals surface area contributed by atoms with Gasteiger partial charge in [-0.1, -0.05) is 83.1 Å². The zero-order chi connectivity index (χ0) is 28.9. The topological polar surface area (TPSA) is 125 Å². The Kier molecular flexibility index (Phi) is 9.27. The Labute approximate surface area is 229 Å². The molecule has 208 valence electrons. The molecule has 3 N–H and O–H groups in total. The summed E-state index contributed by atoms with van der Waals surface area (Å²) in [6.45, 7) is 11.0. The number of nitrogens with one attached hydrogen (secondary N) is 3. The van der Waals surface area contributed by atoms with Gasteiger partial charge in [-0.2, -0.15) is 0 Å². The summed E-state index contributed by atoms with van der Waals surface area (Å²) in [5, 5.41) is 7.94. The van der Waals surface area contributed by atoms with Crippen LogP contribution in [0.15, 0.2) is 54.6 Å². The third-order valence-electron chi connectivity index (χ3n) is 6.75. The van der Waals surface area contributed by atoms with Crippen molar-refractivity contribution >= 4 is 29.4 Å². The van der Waals surface area contributed by atoms with E-state index in [1.807, 2.05) is 63.2 Å². The second kappa shape index (κ2) is 12.2. The van der Waals surface area contributed by atoms with E-state index in [1.54, 1.807) is 26.0 Å². The van der Waals surface area contributed by atoms with Crippen molar-refractivity contribution in [3.05, 3.63) is 71.3 Å². The van der Waals surface area contributed by atoms with Crippen molar-refractivity contribution in [3.8, 4) is 0 Å². The van der Waals surface area contributed by atoms with Gasteiger partial charge in [-0.25, -0.2) is 0 Å². The maximum atomic E-state index is 13.5. The molecule has 3 rings (SSSR count). The zero-order valence-corrected chi connectivity index (χ0v) is 23.4. The molecule has 39 heavy (non-hydrogen) atoms. The molecule has 0 spiro atoms. The van der Waals surface area contributed by atoms with Gasteiger partial charge in [0, 0.05) is 18.7 Å². The van der Waals surface area contributed by atoms with Crippen LogP contribution < -0.4 is 16.0 Å². The van der Waals surface area contributed by atoms with Crippen molar-refractivity contribution < 1.29 is 24.0 Å². The van der Waals surface area contributed by atoms with Crippen LogP contribution in [0.5, 0.6) is 0 Å². The Bertz CT molecular complexity index is 1240. The number of amides is 4. The Morgan fingerprint density at radius 1 is 0.872 bits per heavy atom. The smallest absolute Gasteiger partial charge is 0.289 e. The fraction of sp³-hybridized carbons (Fsp3) is 0.433. The van der Waals surface area contributed by atoms with Crippen LogP contribution in [-0.4, -0.2) is 52.4 Å². The summed E-state index contributed by atoms with van der Waals surface area (Å²) >= 11 is 0. The lowest BCUT2D eigenvalue weighted by Gasteiger charge is -2.37. The quantitative estimate of drug-likeness (QED) is 0.404. The Hall–Kier alpha value is -4.01. The number of nitrogens with zero attached hydrogens (tertiary/aromatic N) is 1. The van der Waals surface area contributed by atoms with Gasteiger partial charge in [0.2, 0.25) is 17.6 Å². The van der Waals surface area contributed by atoms with Crippen molar-refractivity contribution in [2.24, 2.45) is 11.3 Å². The number of carbonyl (C=O) groups is 5. The summed E-state index contributed by atoms with van der Waals surface area (Å²) in [6, 6.07) is 13.5. The molecule has 0 fully saturated rings. The van der Waals surface area contributed by atoms with Crippen molar-refractivity contribution in [1.29, 1.82) is 0 Å². The molecular weight excluding hydrogens is 496 g/mol. The summed E-state index contributed by atoms with van der Waals surface area (Å²) in [7, 11) is 0. The highest BCUT2D eigenvalue weighted by atomic mass is 16.2. The summed E-state index contributed by atoms with van der Waals surface area (Å²) in [6.07, 6.45) is 0. The Morgan fingerprint density at radius 3 is 2.08 bits per heavy atom. The second-order valence-corrected chi connectivity index (χ2v) is 11.4. The predicted octanol–water partition coefficient (Wildman–Crippen LogP) is 2.59. The van der Waals surface area contributed by atoms with Crippen LogP contribution in [0.2, 0.25) is 0 Å². The molecule has 1 aliphatic rings. The van der Waals surface area contributed by atoms with E-state index in [2.05, 4.69) is 16.0 Å². The SMILES string of the molecule is CC(C)[C@H](NC(=O)[C@H](C)NC(=O)[C@@H](N1Cc2ccccc2C1=O)C(C)(C)C)C(=O)C(=O)NCc1ccccc1. The molecule has 0 aromatic heterocycles. The first-order chi connectivity index (χ1) is 18.3. The first-order valence-electron chi connectivity index (χ1n) is 13.2. The van der Waals surface area contributed by atoms with Gasteiger partial charge in [0.25, 0.3) is 11.8 Å². The first kappa shape index (κ1) is 29.5. The third-order valence-corrected chi connectivity index (χ3v) is 6.75. The van der Waals surface area contributed by atoms with Crippen molar-refractivity contribution in [3.63, 3.8) is 0 Å². The van der Waals surface area contributed by atoms with E-state index < -0.39 is 47.0 Å². The van der Waals surface area contributed by atoms with Gasteiger partial charge in [0.05, 0.1) is 6.04 Å². The van der Waals surface area contributed by atoms with Gasteiger partial charge in [0.1, 0.15) is 12.1 Å². The standard InChI is InChI=1S/C30H38N4O5/c1-18(2)23(24(35)27(37)31-16-20-12-8-7-9-13-20)33-26(36)19(3)32-28(38)25(30(4,5)6)34-17-21-14-10-11-15-22(21)29(34)39/h7-15,18-19,23,25H,16-17H2,1-6H3,(H,31,37)(H,32,38)(H,33,36)/t19-,23-,25+/m0/s1. The molecule has 4 amide bonds. The van der Waals surface area contributed by atoms with E-state index in [1.165, 1.54) is 11.8 Å². The lowest BCUT2D eigenvalue weighted by Crippen LogP contribution is -2.59. The lowest BCUT2D eigenvalue weighted by molar-refractivity contribution is -0.141. The van der Waals surface area contributed by atoms with Gasteiger partial charge in [0.15, 0.2) is 0 Å². The molecule has 2 aromatic carbocycles. The zero-order valence-electron chi connectivity index (χ0n) is 23.4. The number of carbonyl (C=O) groups excluding carboxylic acids is 5. The first-order valence-corrected chi connectivity index (χ1v) is 13.2. The minimum atomic E-state index is -1.07. The van der Waals surface area contributed by atoms with Gasteiger partial charge in [-0.05, 0) is 35.4 Å². The molecule has 0 saturated carbocycles. The summed E-state index contributed by atoms with van der Waals surface area (Å²) < 4.78 is 0. The number of hydrogen-bond donors (Lipinski definition) is 3. The van der Waals surface area contributed by atoms with E-state index in [9.17, 15) is 24.0 Å². The van der Waals surface area contributed by atoms with Gasteiger partial charge in [-0.3, -0.25) is 24.0 Å². The molecule has 0 bridgehead atoms. The van der Waals surface area contributed by atoms with Crippen LogP contribution in [0.25, 0.3) is 0 Å². The van der Waals surface area contributed by atoms with Crippen LogP contribution in [0.3, 0.4) is 0 Å². The molecule has 0 radical (unpaired) electrons. The Balaban J connectivity index is 1.65. The van der Waals surface area contributed by atoms with E-state index in [0.717, 1.165) is 11.1 Å². The molecule has 1 aliphatic heterocycles. The van der Waals surface area contributed by atoms with Gasteiger partial charge < -0.3 is 20.9 Å². The lowest BCUT2D eigenvalue weighted by atomic mass is 9.84. The minimum Gasteiger partial charge on any atom is -0.345 e. The third kappa shape index (κ3) is 7.10. The van der Waals surface area contributed by atoms with Crippen LogP contribution in [0.1, 0.15) is 63.0 Å². The Morgan fingerprint density at radius 2 is 1.49 bits per heavy atom. The summed E-state index contributed by atoms with van der Waals surface area (Å²) in [4.78, 5) is 66.6. The maximum Gasteiger partial charge on any atom is 0.289 e. The van der Waals surface area contributed by atoms with Crippen LogP contribution in [0.4, 0.5) is 0 Å². The molecule has 0 unspecified atom stereocenters. The molecule has 1 heterocycles. The number of Topliss-reactive ketones (excluding diaryl/α,β-unsaturated/α-hetero) is 1. The summed E-state index contributed by atoms with van der Waals surface area (Å²) in [5.74, 6) is -3.23. The predicted molar refractivity (Wildman–Crippen MR) is 147 cm³/mol. The molecule has 2 aromatic rings. The maximum absolute atomic E-state index is 13.5. The summed E-state index contributed by atoms with van der Waals surface area (Å²) in [5.41, 5.74) is 1.63. The monoisotopic (exact) mass is 534 g/mol. The molecule has 9 heteroatoms. The highest BCUT2D eigenvalue weighted by Crippen LogP contribution is 2.32. The van der Waals surface area contributed by atoms with Crippen LogP contribution in [0, 0.1) is 11.3 Å². The number of benzene rings is 2. The number of hydrogen-bond acceptors (Lipinski definition) is 5. The number of ketones is 1. The van der Waals surface area contributed by atoms with E-state index in [-0.39, 0.29) is 18.4 Å². The van der Waals surface area contributed by atoms with Gasteiger partial charge in [-0.15, -0.1) is 0 Å². The average Bonchev–Trinajstić information content (AvgIpc) is 3.20. The van der Waals surface area contributed by atoms with E-state index in [4.69, 9.17) is 0 Å². The second-order valence-electron chi connectivity index (χ2n) is 11.4.